The number of aromatic nitrogens is 2. The Morgan fingerprint density at radius 1 is 1.23 bits per heavy atom. The van der Waals surface area contributed by atoms with Crippen molar-refractivity contribution < 1.29 is 23.5 Å². The highest BCUT2D eigenvalue weighted by molar-refractivity contribution is 6.30. The third-order valence-electron chi connectivity index (χ3n) is 5.73. The van der Waals surface area contributed by atoms with E-state index in [1.807, 2.05) is 0 Å². The number of likely N-dealkylation sites (tertiary alicyclic amines) is 1. The maximum absolute atomic E-state index is 14.1. The number of anilines is 1. The number of hydrogen-bond acceptors (Lipinski definition) is 5. The number of carbonyl (C=O) groups is 2. The Kier molecular flexibility index (Phi) is 8.76. The molecule has 1 aromatic carbocycles. The van der Waals surface area contributed by atoms with Gasteiger partial charge >= 0.3 is 5.97 Å². The van der Waals surface area contributed by atoms with Crippen molar-refractivity contribution in [1.82, 2.24) is 14.5 Å². The van der Waals surface area contributed by atoms with Gasteiger partial charge in [0.2, 0.25) is 5.91 Å². The zero-order valence-corrected chi connectivity index (χ0v) is 20.2. The number of carboxylic acids is 1. The van der Waals surface area contributed by atoms with Crippen molar-refractivity contribution in [3.63, 3.8) is 0 Å². The predicted molar refractivity (Wildman–Crippen MR) is 131 cm³/mol. The van der Waals surface area contributed by atoms with E-state index >= 15 is 0 Å². The van der Waals surface area contributed by atoms with Crippen molar-refractivity contribution in [2.24, 2.45) is 5.73 Å². The molecule has 0 aliphatic carbocycles. The smallest absolute Gasteiger partial charge is 0.352 e. The Labute approximate surface area is 206 Å². The van der Waals surface area contributed by atoms with Crippen LogP contribution in [0.1, 0.15) is 37.2 Å². The Balaban J connectivity index is 0.000000287. The van der Waals surface area contributed by atoms with Gasteiger partial charge in [0.25, 0.3) is 0 Å². The molecule has 4 N–H and O–H groups in total. The lowest BCUT2D eigenvalue weighted by Crippen LogP contribution is -2.42. The number of nitrogens with one attached hydrogen (secondary N) is 1. The molecular weight excluding hydrogens is 480 g/mol. The summed E-state index contributed by atoms with van der Waals surface area (Å²) in [6, 6.07) is 6.88. The van der Waals surface area contributed by atoms with Crippen molar-refractivity contribution in [3.8, 4) is 0 Å². The molecule has 0 saturated carbocycles. The van der Waals surface area contributed by atoms with Crippen molar-refractivity contribution >= 4 is 40.2 Å². The van der Waals surface area contributed by atoms with Gasteiger partial charge in [-0.3, -0.25) is 4.79 Å². The summed E-state index contributed by atoms with van der Waals surface area (Å²) in [5.74, 6) is -3.59. The van der Waals surface area contributed by atoms with Crippen molar-refractivity contribution in [2.75, 3.05) is 18.4 Å². The first kappa shape index (κ1) is 26.5. The number of fused-ring (bicyclic) bond motifs is 1. The number of amides is 1. The Morgan fingerprint density at radius 2 is 1.91 bits per heavy atom. The normalized spacial score (nSPS) is 14.6. The minimum atomic E-state index is -1.37. The van der Waals surface area contributed by atoms with Gasteiger partial charge in [-0.2, -0.15) is 0 Å². The predicted octanol–water partition coefficient (Wildman–Crippen LogP) is 4.12. The van der Waals surface area contributed by atoms with E-state index in [0.29, 0.717) is 23.2 Å². The van der Waals surface area contributed by atoms with E-state index < -0.39 is 30.1 Å². The van der Waals surface area contributed by atoms with E-state index in [1.165, 1.54) is 44.3 Å². The molecule has 188 valence electrons. The standard InChI is InChI=1S/C16H10ClF2N3O3.C8H18N2/c17-9-1-2-13(20-6-9)21-14(23)7-22-12(16(24)25)4-8-3-10(18)5-11(19)15(8)22;1-7(2)10-5-3-8(9)4-6-10/h1-6H,7H2,(H,24,25)(H,20,21,23);7-8H,3-6,9H2,1-2H3. The Hall–Kier alpha value is -3.08. The number of aromatic carboxylic acids is 1. The molecule has 1 amide bonds. The average molecular weight is 508 g/mol. The summed E-state index contributed by atoms with van der Waals surface area (Å²) in [5.41, 5.74) is 5.27. The highest BCUT2D eigenvalue weighted by Gasteiger charge is 2.21. The number of nitrogens with two attached hydrogens (primary N) is 1. The number of pyridine rings is 1. The molecule has 4 rings (SSSR count). The summed E-state index contributed by atoms with van der Waals surface area (Å²) in [6.07, 6.45) is 3.68. The fourth-order valence-corrected chi connectivity index (χ4v) is 3.99. The van der Waals surface area contributed by atoms with Crippen LogP contribution in [-0.2, 0) is 11.3 Å². The number of benzene rings is 1. The van der Waals surface area contributed by atoms with Crippen LogP contribution in [0, 0.1) is 11.6 Å². The van der Waals surface area contributed by atoms with Gasteiger partial charge in [-0.1, -0.05) is 11.6 Å². The van der Waals surface area contributed by atoms with E-state index in [4.69, 9.17) is 17.3 Å². The fraction of sp³-hybridized carbons (Fsp3) is 0.375. The first-order valence-corrected chi connectivity index (χ1v) is 11.6. The number of carboxylic acid groups (broad SMARTS) is 1. The second-order valence-electron chi connectivity index (χ2n) is 8.62. The first-order chi connectivity index (χ1) is 16.5. The highest BCUT2D eigenvalue weighted by Crippen LogP contribution is 2.24. The van der Waals surface area contributed by atoms with Crippen LogP contribution in [-0.4, -0.2) is 56.6 Å². The summed E-state index contributed by atoms with van der Waals surface area (Å²) in [6.45, 7) is 6.39. The number of halogens is 3. The zero-order valence-electron chi connectivity index (χ0n) is 19.5. The van der Waals surface area contributed by atoms with Gasteiger partial charge in [0.1, 0.15) is 29.7 Å². The molecule has 2 aromatic heterocycles. The lowest BCUT2D eigenvalue weighted by Gasteiger charge is -2.32. The van der Waals surface area contributed by atoms with E-state index in [0.717, 1.165) is 16.7 Å². The molecule has 0 radical (unpaired) electrons. The number of hydrogen-bond donors (Lipinski definition) is 3. The van der Waals surface area contributed by atoms with Crippen molar-refractivity contribution in [1.29, 1.82) is 0 Å². The second kappa shape index (κ2) is 11.6. The summed E-state index contributed by atoms with van der Waals surface area (Å²) >= 11 is 5.70. The average Bonchev–Trinajstić information content (AvgIpc) is 3.14. The molecule has 1 saturated heterocycles. The monoisotopic (exact) mass is 507 g/mol. The van der Waals surface area contributed by atoms with Crippen LogP contribution >= 0.6 is 11.6 Å². The van der Waals surface area contributed by atoms with Gasteiger partial charge in [-0.05, 0) is 64.0 Å². The number of rotatable bonds is 5. The summed E-state index contributed by atoms with van der Waals surface area (Å²) in [7, 11) is 0. The second-order valence-corrected chi connectivity index (χ2v) is 9.06. The molecule has 1 aliphatic heterocycles. The topological polar surface area (TPSA) is 113 Å². The molecule has 1 aliphatic rings. The minimum absolute atomic E-state index is 0.0484. The van der Waals surface area contributed by atoms with E-state index in [2.05, 4.69) is 29.0 Å². The SMILES string of the molecule is CC(C)N1CCC(N)CC1.O=C(Cn1c(C(=O)O)cc2cc(F)cc(F)c21)Nc1ccc(Cl)cn1. The van der Waals surface area contributed by atoms with Crippen LogP contribution in [0.5, 0.6) is 0 Å². The largest absolute Gasteiger partial charge is 0.477 e. The van der Waals surface area contributed by atoms with Crippen molar-refractivity contribution in [3.05, 3.63) is 58.9 Å². The quantitative estimate of drug-likeness (QED) is 0.478. The van der Waals surface area contributed by atoms with E-state index in [1.54, 1.807) is 0 Å². The maximum atomic E-state index is 14.1. The van der Waals surface area contributed by atoms with Crippen LogP contribution in [0.2, 0.25) is 5.02 Å². The molecule has 0 atom stereocenters. The maximum Gasteiger partial charge on any atom is 0.352 e. The zero-order chi connectivity index (χ0) is 25.7. The number of nitrogens with zero attached hydrogens (tertiary/aromatic N) is 3. The third kappa shape index (κ3) is 6.97. The molecule has 11 heteroatoms. The molecule has 0 unspecified atom stereocenters. The number of piperidine rings is 1. The highest BCUT2D eigenvalue weighted by atomic mass is 35.5. The van der Waals surface area contributed by atoms with Crippen molar-refractivity contribution in [2.45, 2.75) is 45.3 Å². The van der Waals surface area contributed by atoms with Crippen LogP contribution < -0.4 is 11.1 Å². The minimum Gasteiger partial charge on any atom is -0.477 e. The molecule has 1 fully saturated rings. The van der Waals surface area contributed by atoms with Gasteiger partial charge in [0, 0.05) is 29.7 Å². The van der Waals surface area contributed by atoms with Gasteiger partial charge in [-0.25, -0.2) is 18.6 Å². The molecular formula is C24H28ClF2N5O3. The first-order valence-electron chi connectivity index (χ1n) is 11.2. The van der Waals surface area contributed by atoms with Gasteiger partial charge < -0.3 is 25.6 Å². The Morgan fingerprint density at radius 3 is 2.49 bits per heavy atom. The molecule has 35 heavy (non-hydrogen) atoms. The van der Waals surface area contributed by atoms with E-state index in [9.17, 15) is 23.5 Å². The summed E-state index contributed by atoms with van der Waals surface area (Å²) < 4.78 is 28.4. The lowest BCUT2D eigenvalue weighted by molar-refractivity contribution is -0.116. The molecule has 3 aromatic rings. The van der Waals surface area contributed by atoms with Gasteiger partial charge in [0.15, 0.2) is 0 Å². The molecule has 0 spiro atoms. The fourth-order valence-electron chi connectivity index (χ4n) is 3.88. The molecule has 0 bridgehead atoms. The molecule has 3 heterocycles. The molecule has 8 nitrogen and oxygen atoms in total. The van der Waals surface area contributed by atoms with Crippen LogP contribution in [0.25, 0.3) is 10.9 Å². The van der Waals surface area contributed by atoms with Gasteiger partial charge in [0.05, 0.1) is 10.5 Å². The Bertz CT molecular complexity index is 1190. The van der Waals surface area contributed by atoms with Crippen LogP contribution in [0.15, 0.2) is 36.5 Å². The van der Waals surface area contributed by atoms with Crippen LogP contribution in [0.3, 0.4) is 0 Å². The number of carbonyl (C=O) groups excluding carboxylic acids is 1. The summed E-state index contributed by atoms with van der Waals surface area (Å²) in [4.78, 5) is 29.9. The third-order valence-corrected chi connectivity index (χ3v) is 5.95. The van der Waals surface area contributed by atoms with E-state index in [-0.39, 0.29) is 22.4 Å². The van der Waals surface area contributed by atoms with Gasteiger partial charge in [-0.15, -0.1) is 0 Å². The lowest BCUT2D eigenvalue weighted by atomic mass is 10.1. The van der Waals surface area contributed by atoms with Crippen LogP contribution in [0.4, 0.5) is 14.6 Å². The summed E-state index contributed by atoms with van der Waals surface area (Å²) in [5, 5.41) is 12.1.